The molecule has 0 spiro atoms. The van der Waals surface area contributed by atoms with E-state index >= 15 is 0 Å². The summed E-state index contributed by atoms with van der Waals surface area (Å²) >= 11 is 0. The molecule has 0 radical (unpaired) electrons. The fourth-order valence-corrected chi connectivity index (χ4v) is 2.58. The molecule has 1 aliphatic rings. The third-order valence-electron chi connectivity index (χ3n) is 4.08. The largest absolute Gasteiger partial charge is 0.492 e. The van der Waals surface area contributed by atoms with Crippen LogP contribution in [0.4, 0.5) is 11.4 Å². The lowest BCUT2D eigenvalue weighted by Gasteiger charge is -2.17. The van der Waals surface area contributed by atoms with Crippen molar-refractivity contribution in [2.24, 2.45) is 5.92 Å². The van der Waals surface area contributed by atoms with E-state index in [1.165, 1.54) is 0 Å². The van der Waals surface area contributed by atoms with Gasteiger partial charge in [-0.15, -0.1) is 0 Å². The molecule has 1 aromatic heterocycles. The molecule has 27 heavy (non-hydrogen) atoms. The fourth-order valence-electron chi connectivity index (χ4n) is 2.58. The molecular formula is C20H23N3O4. The average molecular weight is 369 g/mol. The number of amides is 2. The van der Waals surface area contributed by atoms with Gasteiger partial charge in [0.15, 0.2) is 0 Å². The third-order valence-corrected chi connectivity index (χ3v) is 4.08. The summed E-state index contributed by atoms with van der Waals surface area (Å²) in [6.45, 7) is 4.56. The first-order chi connectivity index (χ1) is 13.1. The molecule has 1 heterocycles. The number of ether oxygens (including phenoxy) is 2. The molecule has 142 valence electrons. The van der Waals surface area contributed by atoms with Crippen molar-refractivity contribution in [3.05, 3.63) is 42.2 Å². The summed E-state index contributed by atoms with van der Waals surface area (Å²) in [5.74, 6) is 0.720. The summed E-state index contributed by atoms with van der Waals surface area (Å²) < 4.78 is 11.3. The molecule has 1 fully saturated rings. The van der Waals surface area contributed by atoms with Gasteiger partial charge in [0, 0.05) is 36.0 Å². The second kappa shape index (κ2) is 8.53. The van der Waals surface area contributed by atoms with Crippen LogP contribution >= 0.6 is 0 Å². The van der Waals surface area contributed by atoms with Crippen molar-refractivity contribution in [1.29, 1.82) is 0 Å². The highest BCUT2D eigenvalue weighted by Crippen LogP contribution is 2.38. The molecule has 7 nitrogen and oxygen atoms in total. The number of anilines is 2. The van der Waals surface area contributed by atoms with Gasteiger partial charge in [0.2, 0.25) is 5.91 Å². The topological polar surface area (TPSA) is 89.5 Å². The zero-order valence-corrected chi connectivity index (χ0v) is 15.5. The summed E-state index contributed by atoms with van der Waals surface area (Å²) in [6, 6.07) is 6.62. The average Bonchev–Trinajstić information content (AvgIpc) is 3.51. The van der Waals surface area contributed by atoms with Crippen LogP contribution in [0.1, 0.15) is 37.0 Å². The Morgan fingerprint density at radius 2 is 1.56 bits per heavy atom. The summed E-state index contributed by atoms with van der Waals surface area (Å²) in [4.78, 5) is 28.6. The molecule has 1 aliphatic carbocycles. The van der Waals surface area contributed by atoms with Crippen molar-refractivity contribution in [1.82, 2.24) is 4.98 Å². The van der Waals surface area contributed by atoms with Gasteiger partial charge in [-0.25, -0.2) is 0 Å². The molecule has 7 heteroatoms. The quantitative estimate of drug-likeness (QED) is 0.744. The minimum atomic E-state index is -0.282. The van der Waals surface area contributed by atoms with Crippen molar-refractivity contribution in [3.63, 3.8) is 0 Å². The van der Waals surface area contributed by atoms with Crippen LogP contribution in [0, 0.1) is 5.92 Å². The van der Waals surface area contributed by atoms with Gasteiger partial charge < -0.3 is 20.1 Å². The van der Waals surface area contributed by atoms with E-state index in [0.717, 1.165) is 12.8 Å². The summed E-state index contributed by atoms with van der Waals surface area (Å²) in [6.07, 6.45) is 4.93. The Hall–Kier alpha value is -3.09. The zero-order valence-electron chi connectivity index (χ0n) is 15.5. The Balaban J connectivity index is 1.90. The van der Waals surface area contributed by atoms with E-state index in [0.29, 0.717) is 41.7 Å². The lowest BCUT2D eigenvalue weighted by atomic mass is 10.2. The van der Waals surface area contributed by atoms with E-state index in [2.05, 4.69) is 15.6 Å². The van der Waals surface area contributed by atoms with E-state index in [1.54, 1.807) is 36.7 Å². The van der Waals surface area contributed by atoms with E-state index in [9.17, 15) is 9.59 Å². The molecular weight excluding hydrogens is 346 g/mol. The van der Waals surface area contributed by atoms with Crippen LogP contribution < -0.4 is 20.1 Å². The Labute approximate surface area is 158 Å². The van der Waals surface area contributed by atoms with Gasteiger partial charge in [0.1, 0.15) is 11.5 Å². The van der Waals surface area contributed by atoms with Crippen LogP contribution in [0.15, 0.2) is 36.7 Å². The normalized spacial score (nSPS) is 13.0. The zero-order chi connectivity index (χ0) is 19.2. The number of hydrogen-bond donors (Lipinski definition) is 2. The van der Waals surface area contributed by atoms with Crippen LogP contribution in [0.3, 0.4) is 0 Å². The van der Waals surface area contributed by atoms with Crippen LogP contribution in [0.5, 0.6) is 11.5 Å². The number of rotatable bonds is 8. The van der Waals surface area contributed by atoms with Crippen molar-refractivity contribution in [2.45, 2.75) is 26.7 Å². The van der Waals surface area contributed by atoms with Crippen LogP contribution in [-0.4, -0.2) is 30.0 Å². The number of benzene rings is 1. The standard InChI is InChI=1S/C20H23N3O4/c1-3-26-17-12-16(23-20(25)14-7-9-21-10-8-14)18(27-4-2)11-15(17)22-19(24)13-5-6-13/h7-13H,3-6H2,1-2H3,(H,22,24)(H,23,25). The maximum Gasteiger partial charge on any atom is 0.255 e. The number of carbonyl (C=O) groups is 2. The first-order valence-corrected chi connectivity index (χ1v) is 9.08. The highest BCUT2D eigenvalue weighted by Gasteiger charge is 2.30. The maximum absolute atomic E-state index is 12.5. The van der Waals surface area contributed by atoms with Gasteiger partial charge in [0.25, 0.3) is 5.91 Å². The fraction of sp³-hybridized carbons (Fsp3) is 0.350. The summed E-state index contributed by atoms with van der Waals surface area (Å²) in [5.41, 5.74) is 1.50. The number of aromatic nitrogens is 1. The van der Waals surface area contributed by atoms with E-state index < -0.39 is 0 Å². The molecule has 2 aromatic rings. The minimum Gasteiger partial charge on any atom is -0.492 e. The van der Waals surface area contributed by atoms with Crippen LogP contribution in [-0.2, 0) is 4.79 Å². The van der Waals surface area contributed by atoms with Gasteiger partial charge in [-0.05, 0) is 38.8 Å². The van der Waals surface area contributed by atoms with Crippen molar-refractivity contribution in [2.75, 3.05) is 23.8 Å². The SMILES string of the molecule is CCOc1cc(NC(=O)C2CC2)c(OCC)cc1NC(=O)c1ccncc1. The molecule has 2 N–H and O–H groups in total. The van der Waals surface area contributed by atoms with Crippen LogP contribution in [0.25, 0.3) is 0 Å². The Morgan fingerprint density at radius 3 is 2.07 bits per heavy atom. The number of nitrogens with one attached hydrogen (secondary N) is 2. The molecule has 1 aromatic carbocycles. The number of carbonyl (C=O) groups excluding carboxylic acids is 2. The molecule has 0 unspecified atom stereocenters. The van der Waals surface area contributed by atoms with Crippen molar-refractivity contribution < 1.29 is 19.1 Å². The second-order valence-electron chi connectivity index (χ2n) is 6.16. The Morgan fingerprint density at radius 1 is 1.00 bits per heavy atom. The van der Waals surface area contributed by atoms with Crippen molar-refractivity contribution in [3.8, 4) is 11.5 Å². The molecule has 0 saturated heterocycles. The lowest BCUT2D eigenvalue weighted by molar-refractivity contribution is -0.117. The third kappa shape index (κ3) is 4.75. The Kier molecular flexibility index (Phi) is 5.90. The van der Waals surface area contributed by atoms with Gasteiger partial charge in [0.05, 0.1) is 24.6 Å². The monoisotopic (exact) mass is 369 g/mol. The predicted octanol–water partition coefficient (Wildman–Crippen LogP) is 3.48. The molecule has 0 atom stereocenters. The maximum atomic E-state index is 12.5. The molecule has 2 amide bonds. The van der Waals surface area contributed by atoms with Gasteiger partial charge >= 0.3 is 0 Å². The van der Waals surface area contributed by atoms with E-state index in [1.807, 2.05) is 13.8 Å². The van der Waals surface area contributed by atoms with E-state index in [4.69, 9.17) is 9.47 Å². The molecule has 0 aliphatic heterocycles. The number of hydrogen-bond acceptors (Lipinski definition) is 5. The van der Waals surface area contributed by atoms with Crippen LogP contribution in [0.2, 0.25) is 0 Å². The highest BCUT2D eigenvalue weighted by molar-refractivity contribution is 6.05. The first kappa shape index (κ1) is 18.7. The summed E-state index contributed by atoms with van der Waals surface area (Å²) in [7, 11) is 0. The molecule has 0 bridgehead atoms. The first-order valence-electron chi connectivity index (χ1n) is 9.08. The predicted molar refractivity (Wildman–Crippen MR) is 102 cm³/mol. The Bertz CT molecular complexity index is 819. The van der Waals surface area contributed by atoms with E-state index in [-0.39, 0.29) is 17.7 Å². The van der Waals surface area contributed by atoms with Gasteiger partial charge in [-0.3, -0.25) is 14.6 Å². The minimum absolute atomic E-state index is 0.0213. The van der Waals surface area contributed by atoms with Gasteiger partial charge in [-0.2, -0.15) is 0 Å². The number of nitrogens with zero attached hydrogens (tertiary/aromatic N) is 1. The lowest BCUT2D eigenvalue weighted by Crippen LogP contribution is -2.16. The molecule has 3 rings (SSSR count). The van der Waals surface area contributed by atoms with Gasteiger partial charge in [-0.1, -0.05) is 0 Å². The number of pyridine rings is 1. The molecule has 1 saturated carbocycles. The summed E-state index contributed by atoms with van der Waals surface area (Å²) in [5, 5.41) is 5.75. The second-order valence-corrected chi connectivity index (χ2v) is 6.16. The smallest absolute Gasteiger partial charge is 0.255 e. The van der Waals surface area contributed by atoms with Crippen molar-refractivity contribution >= 4 is 23.2 Å². The highest BCUT2D eigenvalue weighted by atomic mass is 16.5.